The number of nitrogens with one attached hydrogen (secondary N) is 1. The molecule has 0 amide bonds. The van der Waals surface area contributed by atoms with Crippen molar-refractivity contribution in [2.45, 2.75) is 39.0 Å². The topological polar surface area (TPSA) is 61.7 Å². The monoisotopic (exact) mass is 287 g/mol. The Morgan fingerprint density at radius 2 is 2.05 bits per heavy atom. The summed E-state index contributed by atoms with van der Waals surface area (Å²) >= 11 is 5.98. The van der Waals surface area contributed by atoms with Crippen molar-refractivity contribution in [2.75, 3.05) is 13.2 Å². The summed E-state index contributed by atoms with van der Waals surface area (Å²) in [6, 6.07) is 5.34. The third-order valence-electron chi connectivity index (χ3n) is 2.47. The first-order valence-electron chi connectivity index (χ1n) is 6.27. The third kappa shape index (κ3) is 6.25. The molecule has 0 bridgehead atoms. The van der Waals surface area contributed by atoms with Gasteiger partial charge in [-0.3, -0.25) is 0 Å². The van der Waals surface area contributed by atoms with Crippen LogP contribution in [-0.2, 0) is 6.54 Å². The van der Waals surface area contributed by atoms with Crippen LogP contribution in [-0.4, -0.2) is 35.1 Å². The van der Waals surface area contributed by atoms with E-state index in [0.29, 0.717) is 17.3 Å². The maximum Gasteiger partial charge on any atom is 0.124 e. The number of aliphatic hydroxyl groups is 2. The highest BCUT2D eigenvalue weighted by Crippen LogP contribution is 2.23. The zero-order valence-corrected chi connectivity index (χ0v) is 12.4. The second-order valence-corrected chi connectivity index (χ2v) is 5.94. The molecule has 0 saturated heterocycles. The molecule has 19 heavy (non-hydrogen) atoms. The number of halogens is 1. The first kappa shape index (κ1) is 16.2. The quantitative estimate of drug-likeness (QED) is 0.748. The fourth-order valence-electron chi connectivity index (χ4n) is 1.43. The lowest BCUT2D eigenvalue weighted by Gasteiger charge is -2.22. The number of hydrogen-bond donors (Lipinski definition) is 3. The van der Waals surface area contributed by atoms with Crippen LogP contribution in [0.5, 0.6) is 5.75 Å². The Morgan fingerprint density at radius 1 is 1.37 bits per heavy atom. The molecule has 0 spiro atoms. The first-order chi connectivity index (χ1) is 8.81. The van der Waals surface area contributed by atoms with Crippen LogP contribution in [0.25, 0.3) is 0 Å². The van der Waals surface area contributed by atoms with E-state index >= 15 is 0 Å². The van der Waals surface area contributed by atoms with E-state index in [1.54, 1.807) is 12.1 Å². The highest BCUT2D eigenvalue weighted by Gasteiger charge is 2.12. The molecule has 0 aromatic heterocycles. The largest absolute Gasteiger partial charge is 0.490 e. The smallest absolute Gasteiger partial charge is 0.124 e. The normalized spacial score (nSPS) is 13.4. The second-order valence-electron chi connectivity index (χ2n) is 5.50. The van der Waals surface area contributed by atoms with Gasteiger partial charge in [-0.1, -0.05) is 11.6 Å². The zero-order valence-electron chi connectivity index (χ0n) is 11.6. The average Bonchev–Trinajstić information content (AvgIpc) is 2.33. The molecule has 108 valence electrons. The summed E-state index contributed by atoms with van der Waals surface area (Å²) in [6.45, 7) is 6.59. The third-order valence-corrected chi connectivity index (χ3v) is 2.71. The van der Waals surface area contributed by atoms with Crippen LogP contribution in [0, 0.1) is 0 Å². The molecular weight excluding hydrogens is 266 g/mol. The van der Waals surface area contributed by atoms with Crippen molar-refractivity contribution in [1.29, 1.82) is 0 Å². The minimum Gasteiger partial charge on any atom is -0.490 e. The van der Waals surface area contributed by atoms with E-state index in [-0.39, 0.29) is 18.8 Å². The van der Waals surface area contributed by atoms with E-state index in [9.17, 15) is 5.11 Å². The lowest BCUT2D eigenvalue weighted by molar-refractivity contribution is 0.0532. The summed E-state index contributed by atoms with van der Waals surface area (Å²) in [4.78, 5) is 0. The highest BCUT2D eigenvalue weighted by atomic mass is 35.5. The summed E-state index contributed by atoms with van der Waals surface area (Å²) < 4.78 is 5.50. The van der Waals surface area contributed by atoms with Gasteiger partial charge in [0.15, 0.2) is 0 Å². The van der Waals surface area contributed by atoms with E-state index in [1.807, 2.05) is 6.07 Å². The van der Waals surface area contributed by atoms with Crippen LogP contribution in [0.15, 0.2) is 18.2 Å². The Balaban J connectivity index is 2.74. The van der Waals surface area contributed by atoms with Crippen molar-refractivity contribution in [3.8, 4) is 5.75 Å². The Bertz CT molecular complexity index is 404. The van der Waals surface area contributed by atoms with E-state index < -0.39 is 6.10 Å². The Morgan fingerprint density at radius 3 is 2.63 bits per heavy atom. The van der Waals surface area contributed by atoms with Crippen LogP contribution >= 0.6 is 11.6 Å². The standard InChI is InChI=1S/C14H22ClNO3/c1-14(2,3)16-7-10-6-11(15)4-5-13(10)19-9-12(18)8-17/h4-6,12,16-18H,7-9H2,1-3H3. The molecule has 4 nitrogen and oxygen atoms in total. The molecule has 0 fully saturated rings. The number of aliphatic hydroxyl groups excluding tert-OH is 2. The van der Waals surface area contributed by atoms with E-state index in [1.165, 1.54) is 0 Å². The van der Waals surface area contributed by atoms with Gasteiger partial charge < -0.3 is 20.3 Å². The van der Waals surface area contributed by atoms with Gasteiger partial charge in [0.1, 0.15) is 18.5 Å². The molecule has 0 saturated carbocycles. The number of ether oxygens (including phenoxy) is 1. The predicted molar refractivity (Wildman–Crippen MR) is 76.6 cm³/mol. The molecular formula is C14H22ClNO3. The number of hydrogen-bond acceptors (Lipinski definition) is 4. The van der Waals surface area contributed by atoms with Gasteiger partial charge in [-0.15, -0.1) is 0 Å². The van der Waals surface area contributed by atoms with Gasteiger partial charge in [0.25, 0.3) is 0 Å². The Kier molecular flexibility index (Phi) is 6.07. The van der Waals surface area contributed by atoms with Gasteiger partial charge >= 0.3 is 0 Å². The van der Waals surface area contributed by atoms with Crippen LogP contribution in [0.3, 0.4) is 0 Å². The van der Waals surface area contributed by atoms with Crippen LogP contribution in [0.2, 0.25) is 5.02 Å². The number of benzene rings is 1. The number of rotatable bonds is 6. The molecule has 3 N–H and O–H groups in total. The summed E-state index contributed by atoms with van der Waals surface area (Å²) in [7, 11) is 0. The Hall–Kier alpha value is -0.810. The average molecular weight is 288 g/mol. The maximum atomic E-state index is 9.31. The van der Waals surface area contributed by atoms with Crippen molar-refractivity contribution >= 4 is 11.6 Å². The minimum absolute atomic E-state index is 0.00972. The van der Waals surface area contributed by atoms with Crippen LogP contribution in [0.1, 0.15) is 26.3 Å². The zero-order chi connectivity index (χ0) is 14.5. The van der Waals surface area contributed by atoms with Crippen molar-refractivity contribution in [1.82, 2.24) is 5.32 Å². The predicted octanol–water partition coefficient (Wildman–Crippen LogP) is 1.96. The molecule has 1 unspecified atom stereocenters. The van der Waals surface area contributed by atoms with Gasteiger partial charge in [-0.25, -0.2) is 0 Å². The summed E-state index contributed by atoms with van der Waals surface area (Å²) in [5.41, 5.74) is 0.914. The van der Waals surface area contributed by atoms with E-state index in [4.69, 9.17) is 21.4 Å². The van der Waals surface area contributed by atoms with Gasteiger partial charge in [0, 0.05) is 22.7 Å². The molecule has 1 aromatic carbocycles. The van der Waals surface area contributed by atoms with Gasteiger partial charge in [-0.05, 0) is 39.0 Å². The SMILES string of the molecule is CC(C)(C)NCc1cc(Cl)ccc1OCC(O)CO. The van der Waals surface area contributed by atoms with Crippen molar-refractivity contribution in [3.05, 3.63) is 28.8 Å². The van der Waals surface area contributed by atoms with Gasteiger partial charge in [0.2, 0.25) is 0 Å². The van der Waals surface area contributed by atoms with E-state index in [2.05, 4.69) is 26.1 Å². The summed E-state index contributed by atoms with van der Waals surface area (Å²) in [5, 5.41) is 22.1. The molecule has 1 aromatic rings. The lowest BCUT2D eigenvalue weighted by Crippen LogP contribution is -2.35. The highest BCUT2D eigenvalue weighted by molar-refractivity contribution is 6.30. The first-order valence-corrected chi connectivity index (χ1v) is 6.65. The van der Waals surface area contributed by atoms with Crippen LogP contribution < -0.4 is 10.1 Å². The van der Waals surface area contributed by atoms with Gasteiger partial charge in [0.05, 0.1) is 6.61 Å². The summed E-state index contributed by atoms with van der Waals surface area (Å²) in [6.07, 6.45) is -0.876. The fourth-order valence-corrected chi connectivity index (χ4v) is 1.62. The van der Waals surface area contributed by atoms with Crippen LogP contribution in [0.4, 0.5) is 0 Å². The second kappa shape index (κ2) is 7.10. The fraction of sp³-hybridized carbons (Fsp3) is 0.571. The molecule has 0 aliphatic carbocycles. The van der Waals surface area contributed by atoms with E-state index in [0.717, 1.165) is 5.56 Å². The molecule has 1 atom stereocenters. The maximum absolute atomic E-state index is 9.31. The molecule has 1 rings (SSSR count). The molecule has 0 heterocycles. The van der Waals surface area contributed by atoms with Crippen molar-refractivity contribution in [2.24, 2.45) is 0 Å². The van der Waals surface area contributed by atoms with Gasteiger partial charge in [-0.2, -0.15) is 0 Å². The lowest BCUT2D eigenvalue weighted by atomic mass is 10.1. The van der Waals surface area contributed by atoms with Crippen molar-refractivity contribution in [3.63, 3.8) is 0 Å². The summed E-state index contributed by atoms with van der Waals surface area (Å²) in [5.74, 6) is 0.661. The molecule has 0 aliphatic rings. The molecule has 0 radical (unpaired) electrons. The molecule has 5 heteroatoms. The Labute approximate surface area is 119 Å². The minimum atomic E-state index is -0.876. The van der Waals surface area contributed by atoms with Crippen molar-refractivity contribution < 1.29 is 14.9 Å². The molecule has 0 aliphatic heterocycles.